The molecule has 1 saturated heterocycles. The van der Waals surface area contributed by atoms with E-state index in [0.717, 1.165) is 22.9 Å². The first-order valence-corrected chi connectivity index (χ1v) is 13.0. The standard InChI is InChI=1S/C29H31F2N7O2/c1-18-27(21-14-32-19(2)33-15-21)36-38(22-7-5-4-6-8-22)28(18)35-29(39)34-26-17-37(11-12-40-3)16-23(26)20-9-10-24(30)25(31)13-20/h4-10,13-15,23,26H,11-12,16-17H2,1-3H3,(H2,34,35,39)/t23-,26?/m0/s1. The zero-order valence-electron chi connectivity index (χ0n) is 22.6. The fourth-order valence-electron chi connectivity index (χ4n) is 5.02. The second-order valence-corrected chi connectivity index (χ2v) is 9.83. The van der Waals surface area contributed by atoms with Crippen molar-refractivity contribution < 1.29 is 18.3 Å². The molecule has 0 aliphatic carbocycles. The first-order chi connectivity index (χ1) is 19.3. The second-order valence-electron chi connectivity index (χ2n) is 9.83. The molecule has 0 spiro atoms. The van der Waals surface area contributed by atoms with Gasteiger partial charge in [0.05, 0.1) is 18.3 Å². The molecular formula is C29H31F2N7O2. The molecule has 1 unspecified atom stereocenters. The molecule has 3 heterocycles. The number of nitrogens with one attached hydrogen (secondary N) is 2. The van der Waals surface area contributed by atoms with Gasteiger partial charge < -0.3 is 10.1 Å². The lowest BCUT2D eigenvalue weighted by Gasteiger charge is -2.21. The highest BCUT2D eigenvalue weighted by Gasteiger charge is 2.35. The van der Waals surface area contributed by atoms with Crippen molar-refractivity contribution in [1.29, 1.82) is 0 Å². The van der Waals surface area contributed by atoms with Gasteiger partial charge in [0.1, 0.15) is 17.3 Å². The van der Waals surface area contributed by atoms with Crippen molar-refractivity contribution in [3.63, 3.8) is 0 Å². The molecule has 208 valence electrons. The summed E-state index contributed by atoms with van der Waals surface area (Å²) in [6.07, 6.45) is 3.41. The minimum Gasteiger partial charge on any atom is -0.383 e. The summed E-state index contributed by atoms with van der Waals surface area (Å²) in [5, 5.41) is 10.8. The number of hydrogen-bond donors (Lipinski definition) is 2. The van der Waals surface area contributed by atoms with Gasteiger partial charge in [0.2, 0.25) is 0 Å². The van der Waals surface area contributed by atoms with Gasteiger partial charge in [-0.2, -0.15) is 5.10 Å². The van der Waals surface area contributed by atoms with Gasteiger partial charge in [-0.15, -0.1) is 0 Å². The smallest absolute Gasteiger partial charge is 0.320 e. The number of carbonyl (C=O) groups is 1. The van der Waals surface area contributed by atoms with Gasteiger partial charge in [0.25, 0.3) is 0 Å². The van der Waals surface area contributed by atoms with Gasteiger partial charge in [-0.1, -0.05) is 24.3 Å². The summed E-state index contributed by atoms with van der Waals surface area (Å²) in [5.41, 5.74) is 3.51. The molecule has 2 N–H and O–H groups in total. The Bertz CT molecular complexity index is 1480. The van der Waals surface area contributed by atoms with Crippen LogP contribution in [-0.2, 0) is 4.74 Å². The molecule has 0 radical (unpaired) electrons. The van der Waals surface area contributed by atoms with Crippen LogP contribution in [0.1, 0.15) is 22.9 Å². The summed E-state index contributed by atoms with van der Waals surface area (Å²) < 4.78 is 34.6. The highest BCUT2D eigenvalue weighted by molar-refractivity contribution is 5.91. The van der Waals surface area contributed by atoms with Crippen LogP contribution in [0.2, 0.25) is 0 Å². The third-order valence-electron chi connectivity index (χ3n) is 7.10. The monoisotopic (exact) mass is 547 g/mol. The van der Waals surface area contributed by atoms with Crippen molar-refractivity contribution in [3.05, 3.63) is 89.5 Å². The second kappa shape index (κ2) is 11.9. The van der Waals surface area contributed by atoms with Gasteiger partial charge in [-0.3, -0.25) is 10.2 Å². The topological polar surface area (TPSA) is 97.2 Å². The molecule has 9 nitrogen and oxygen atoms in total. The Morgan fingerprint density at radius 3 is 2.50 bits per heavy atom. The van der Waals surface area contributed by atoms with E-state index in [-0.39, 0.29) is 12.0 Å². The molecule has 2 aromatic heterocycles. The van der Waals surface area contributed by atoms with Crippen LogP contribution in [-0.4, -0.2) is 70.1 Å². The predicted molar refractivity (Wildman–Crippen MR) is 147 cm³/mol. The van der Waals surface area contributed by atoms with Gasteiger partial charge in [0.15, 0.2) is 11.6 Å². The SMILES string of the molecule is COCCN1CC(NC(=O)Nc2c(C)c(-c3cnc(C)nc3)nn2-c2ccccc2)[C@H](c2ccc(F)c(F)c2)C1. The number of para-hydroxylation sites is 1. The number of carbonyl (C=O) groups excluding carboxylic acids is 1. The number of urea groups is 1. The number of halogens is 2. The van der Waals surface area contributed by atoms with Crippen molar-refractivity contribution >= 4 is 11.8 Å². The zero-order valence-corrected chi connectivity index (χ0v) is 22.6. The van der Waals surface area contributed by atoms with Crippen molar-refractivity contribution in [2.24, 2.45) is 0 Å². The van der Waals surface area contributed by atoms with Crippen LogP contribution in [0.15, 0.2) is 60.9 Å². The lowest BCUT2D eigenvalue weighted by Crippen LogP contribution is -2.42. The van der Waals surface area contributed by atoms with Crippen molar-refractivity contribution in [2.45, 2.75) is 25.8 Å². The molecule has 4 aromatic rings. The van der Waals surface area contributed by atoms with E-state index >= 15 is 0 Å². The van der Waals surface area contributed by atoms with Crippen LogP contribution in [0.5, 0.6) is 0 Å². The summed E-state index contributed by atoms with van der Waals surface area (Å²) >= 11 is 0. The third kappa shape index (κ3) is 5.85. The van der Waals surface area contributed by atoms with Crippen LogP contribution < -0.4 is 10.6 Å². The maximum absolute atomic E-state index is 14.1. The van der Waals surface area contributed by atoms with Crippen molar-refractivity contribution in [3.8, 4) is 16.9 Å². The maximum atomic E-state index is 14.1. The summed E-state index contributed by atoms with van der Waals surface area (Å²) in [6, 6.07) is 12.6. The van der Waals surface area contributed by atoms with E-state index in [1.165, 1.54) is 6.07 Å². The minimum atomic E-state index is -0.911. The Balaban J connectivity index is 1.42. The van der Waals surface area contributed by atoms with Gasteiger partial charge >= 0.3 is 6.03 Å². The number of likely N-dealkylation sites (tertiary alicyclic amines) is 1. The van der Waals surface area contributed by atoms with Crippen LogP contribution in [0.4, 0.5) is 19.4 Å². The highest BCUT2D eigenvalue weighted by Crippen LogP contribution is 2.31. The zero-order chi connectivity index (χ0) is 28.2. The van der Waals surface area contributed by atoms with E-state index < -0.39 is 17.7 Å². The van der Waals surface area contributed by atoms with Gasteiger partial charge in [-0.05, 0) is 43.7 Å². The number of benzene rings is 2. The Labute approximate surface area is 231 Å². The van der Waals surface area contributed by atoms with Crippen LogP contribution in [0, 0.1) is 25.5 Å². The van der Waals surface area contributed by atoms with E-state index in [4.69, 9.17) is 9.84 Å². The van der Waals surface area contributed by atoms with Crippen LogP contribution in [0.25, 0.3) is 16.9 Å². The molecule has 2 atom stereocenters. The third-order valence-corrected chi connectivity index (χ3v) is 7.10. The summed E-state index contributed by atoms with van der Waals surface area (Å²) in [4.78, 5) is 24.2. The van der Waals surface area contributed by atoms with E-state index in [1.807, 2.05) is 44.2 Å². The maximum Gasteiger partial charge on any atom is 0.320 e. The largest absolute Gasteiger partial charge is 0.383 e. The number of anilines is 1. The molecule has 0 saturated carbocycles. The van der Waals surface area contributed by atoms with Crippen molar-refractivity contribution in [1.82, 2.24) is 30.0 Å². The number of amides is 2. The molecule has 1 fully saturated rings. The summed E-state index contributed by atoms with van der Waals surface area (Å²) in [5.74, 6) is -0.907. The minimum absolute atomic E-state index is 0.238. The average molecular weight is 548 g/mol. The van der Waals surface area contributed by atoms with Gasteiger partial charge in [-0.25, -0.2) is 28.2 Å². The lowest BCUT2D eigenvalue weighted by molar-refractivity contribution is 0.159. The van der Waals surface area contributed by atoms with E-state index in [2.05, 4.69) is 25.5 Å². The van der Waals surface area contributed by atoms with Crippen molar-refractivity contribution in [2.75, 3.05) is 38.7 Å². The molecule has 0 bridgehead atoms. The number of methoxy groups -OCH3 is 1. The number of ether oxygens (including phenoxy) is 1. The van der Waals surface area contributed by atoms with E-state index in [9.17, 15) is 13.6 Å². The fraction of sp³-hybridized carbons (Fsp3) is 0.310. The quantitative estimate of drug-likeness (QED) is 0.338. The first kappa shape index (κ1) is 27.4. The Hall–Kier alpha value is -4.22. The number of aryl methyl sites for hydroxylation is 1. The Morgan fingerprint density at radius 2 is 1.80 bits per heavy atom. The molecular weight excluding hydrogens is 516 g/mol. The predicted octanol–water partition coefficient (Wildman–Crippen LogP) is 4.46. The molecule has 40 heavy (non-hydrogen) atoms. The number of hydrogen-bond acceptors (Lipinski definition) is 6. The average Bonchev–Trinajstić information content (AvgIpc) is 3.50. The number of aromatic nitrogens is 4. The number of nitrogens with zero attached hydrogens (tertiary/aromatic N) is 5. The van der Waals surface area contributed by atoms with E-state index in [1.54, 1.807) is 30.3 Å². The van der Waals surface area contributed by atoms with Gasteiger partial charge in [0, 0.05) is 56.2 Å². The molecule has 5 rings (SSSR count). The molecule has 2 aromatic carbocycles. The molecule has 1 aliphatic rings. The molecule has 1 aliphatic heterocycles. The first-order valence-electron chi connectivity index (χ1n) is 13.0. The fourth-order valence-corrected chi connectivity index (χ4v) is 5.02. The van der Waals surface area contributed by atoms with Crippen LogP contribution >= 0.6 is 0 Å². The lowest BCUT2D eigenvalue weighted by atomic mass is 9.94. The molecule has 2 amide bonds. The molecule has 11 heteroatoms. The Kier molecular flexibility index (Phi) is 8.13. The van der Waals surface area contributed by atoms with E-state index in [0.29, 0.717) is 49.1 Å². The van der Waals surface area contributed by atoms with Crippen LogP contribution in [0.3, 0.4) is 0 Å². The summed E-state index contributed by atoms with van der Waals surface area (Å²) in [6.45, 7) is 5.96. The summed E-state index contributed by atoms with van der Waals surface area (Å²) in [7, 11) is 1.63. The normalized spacial score (nSPS) is 17.2. The number of rotatable bonds is 8. The highest BCUT2D eigenvalue weighted by atomic mass is 19.2. The Morgan fingerprint density at radius 1 is 1.05 bits per heavy atom.